The molecule has 6 heteroatoms. The Morgan fingerprint density at radius 1 is 1.43 bits per heavy atom. The number of rotatable bonds is 4. The van der Waals surface area contributed by atoms with Crippen LogP contribution >= 0.6 is 0 Å². The van der Waals surface area contributed by atoms with Crippen LogP contribution in [0.5, 0.6) is 5.75 Å². The number of nitrogens with zero attached hydrogens (tertiary/aromatic N) is 2. The van der Waals surface area contributed by atoms with Crippen LogP contribution in [-0.2, 0) is 4.79 Å². The van der Waals surface area contributed by atoms with E-state index in [0.29, 0.717) is 17.2 Å². The second kappa shape index (κ2) is 6.83. The van der Waals surface area contributed by atoms with Crippen molar-refractivity contribution in [2.24, 2.45) is 0 Å². The second-order valence-corrected chi connectivity index (χ2v) is 5.76. The average molecular weight is 315 g/mol. The highest BCUT2D eigenvalue weighted by Crippen LogP contribution is 2.32. The van der Waals surface area contributed by atoms with Gasteiger partial charge in [-0.25, -0.2) is 4.98 Å². The Morgan fingerprint density at radius 2 is 2.30 bits per heavy atom. The maximum atomic E-state index is 12.5. The Labute approximate surface area is 135 Å². The molecule has 3 rings (SSSR count). The number of amides is 1. The minimum absolute atomic E-state index is 0.0293. The first kappa shape index (κ1) is 15.6. The topological polar surface area (TPSA) is 67.6 Å². The molecule has 6 nitrogen and oxygen atoms in total. The molecule has 1 amide bonds. The third-order valence-electron chi connectivity index (χ3n) is 4.24. The molecular weight excluding hydrogens is 294 g/mol. The third kappa shape index (κ3) is 3.37. The fourth-order valence-corrected chi connectivity index (χ4v) is 2.95. The molecule has 1 unspecified atom stereocenters. The lowest BCUT2D eigenvalue weighted by atomic mass is 10.0. The number of ether oxygens (including phenoxy) is 1. The number of aromatic nitrogens is 1. The summed E-state index contributed by atoms with van der Waals surface area (Å²) < 4.78 is 10.7. The van der Waals surface area contributed by atoms with Crippen molar-refractivity contribution in [3.8, 4) is 17.1 Å². The van der Waals surface area contributed by atoms with Gasteiger partial charge in [-0.3, -0.25) is 9.69 Å². The average Bonchev–Trinajstić information content (AvgIpc) is 3.09. The van der Waals surface area contributed by atoms with E-state index in [2.05, 4.69) is 15.2 Å². The first-order valence-corrected chi connectivity index (χ1v) is 7.77. The lowest BCUT2D eigenvalue weighted by Crippen LogP contribution is -2.44. The SMILES string of the molecule is COc1cc(NC(=O)C2CCCCN2C)ccc1-c1cnco1. The summed E-state index contributed by atoms with van der Waals surface area (Å²) in [5, 5.41) is 2.98. The third-order valence-corrected chi connectivity index (χ3v) is 4.24. The molecule has 1 N–H and O–H groups in total. The number of nitrogens with one attached hydrogen (secondary N) is 1. The zero-order valence-corrected chi connectivity index (χ0v) is 13.4. The lowest BCUT2D eigenvalue weighted by molar-refractivity contribution is -0.121. The van der Waals surface area contributed by atoms with Crippen LogP contribution in [0.2, 0.25) is 0 Å². The van der Waals surface area contributed by atoms with Crippen LogP contribution in [0.1, 0.15) is 19.3 Å². The number of anilines is 1. The first-order valence-electron chi connectivity index (χ1n) is 7.77. The highest BCUT2D eigenvalue weighted by molar-refractivity contribution is 5.95. The number of piperidine rings is 1. The Morgan fingerprint density at radius 3 is 3.00 bits per heavy atom. The van der Waals surface area contributed by atoms with Gasteiger partial charge in [0.1, 0.15) is 5.75 Å². The van der Waals surface area contributed by atoms with Gasteiger partial charge in [0.05, 0.1) is 24.9 Å². The minimum atomic E-state index is -0.0660. The molecule has 1 aliphatic rings. The van der Waals surface area contributed by atoms with Crippen LogP contribution in [0.3, 0.4) is 0 Å². The molecule has 1 atom stereocenters. The molecule has 2 heterocycles. The molecule has 0 aliphatic carbocycles. The van der Waals surface area contributed by atoms with Crippen LogP contribution < -0.4 is 10.1 Å². The van der Waals surface area contributed by atoms with Gasteiger partial charge in [0.2, 0.25) is 5.91 Å². The van der Waals surface area contributed by atoms with E-state index in [1.165, 1.54) is 6.39 Å². The molecule has 1 aromatic heterocycles. The summed E-state index contributed by atoms with van der Waals surface area (Å²) in [5.41, 5.74) is 1.52. The summed E-state index contributed by atoms with van der Waals surface area (Å²) in [7, 11) is 3.59. The van der Waals surface area contributed by atoms with E-state index >= 15 is 0 Å². The van der Waals surface area contributed by atoms with Crippen LogP contribution in [0.4, 0.5) is 5.69 Å². The molecule has 2 aromatic rings. The van der Waals surface area contributed by atoms with E-state index in [9.17, 15) is 4.79 Å². The quantitative estimate of drug-likeness (QED) is 0.939. The monoisotopic (exact) mass is 315 g/mol. The molecule has 0 saturated carbocycles. The molecule has 0 radical (unpaired) electrons. The summed E-state index contributed by atoms with van der Waals surface area (Å²) in [5.74, 6) is 1.30. The zero-order valence-electron chi connectivity index (χ0n) is 13.4. The molecule has 23 heavy (non-hydrogen) atoms. The van der Waals surface area contributed by atoms with Crippen molar-refractivity contribution in [1.82, 2.24) is 9.88 Å². The standard InChI is InChI=1S/C17H21N3O3/c1-20-8-4-3-5-14(20)17(21)19-12-6-7-13(15(9-12)22-2)16-10-18-11-23-16/h6-7,9-11,14H,3-5,8H2,1-2H3,(H,19,21). The normalized spacial score (nSPS) is 18.6. The van der Waals surface area contributed by atoms with Crippen LogP contribution in [0.25, 0.3) is 11.3 Å². The molecule has 1 aliphatic heterocycles. The van der Waals surface area contributed by atoms with E-state index in [0.717, 1.165) is 31.4 Å². The van der Waals surface area contributed by atoms with Gasteiger partial charge in [0, 0.05) is 11.8 Å². The maximum absolute atomic E-state index is 12.5. The Bertz CT molecular complexity index is 670. The van der Waals surface area contributed by atoms with Gasteiger partial charge in [-0.2, -0.15) is 0 Å². The maximum Gasteiger partial charge on any atom is 0.241 e. The van der Waals surface area contributed by atoms with Crippen molar-refractivity contribution in [3.05, 3.63) is 30.8 Å². The number of oxazole rings is 1. The highest BCUT2D eigenvalue weighted by Gasteiger charge is 2.26. The Kier molecular flexibility index (Phi) is 4.62. The van der Waals surface area contributed by atoms with E-state index in [4.69, 9.17) is 9.15 Å². The largest absolute Gasteiger partial charge is 0.496 e. The van der Waals surface area contributed by atoms with Gasteiger partial charge in [0.25, 0.3) is 0 Å². The van der Waals surface area contributed by atoms with E-state index in [1.54, 1.807) is 19.4 Å². The van der Waals surface area contributed by atoms with E-state index in [1.807, 2.05) is 19.2 Å². The lowest BCUT2D eigenvalue weighted by Gasteiger charge is -2.31. The number of likely N-dealkylation sites (tertiary alicyclic amines) is 1. The molecule has 0 spiro atoms. The molecular formula is C17H21N3O3. The zero-order chi connectivity index (χ0) is 16.2. The number of benzene rings is 1. The summed E-state index contributed by atoms with van der Waals surface area (Å²) in [6.45, 7) is 0.964. The number of likely N-dealkylation sites (N-methyl/N-ethyl adjacent to an activating group) is 1. The van der Waals surface area contributed by atoms with Crippen molar-refractivity contribution in [1.29, 1.82) is 0 Å². The fourth-order valence-electron chi connectivity index (χ4n) is 2.95. The number of carbonyl (C=O) groups is 1. The minimum Gasteiger partial charge on any atom is -0.496 e. The van der Waals surface area contributed by atoms with E-state index < -0.39 is 0 Å². The fraction of sp³-hybridized carbons (Fsp3) is 0.412. The van der Waals surface area contributed by atoms with Gasteiger partial charge in [-0.15, -0.1) is 0 Å². The summed E-state index contributed by atoms with van der Waals surface area (Å²) >= 11 is 0. The molecule has 1 fully saturated rings. The first-order chi connectivity index (χ1) is 11.2. The summed E-state index contributed by atoms with van der Waals surface area (Å²) in [6, 6.07) is 5.45. The van der Waals surface area contributed by atoms with Crippen LogP contribution in [0.15, 0.2) is 35.2 Å². The predicted molar refractivity (Wildman–Crippen MR) is 87.4 cm³/mol. The van der Waals surface area contributed by atoms with Gasteiger partial charge in [0.15, 0.2) is 12.2 Å². The number of methoxy groups -OCH3 is 1. The molecule has 1 saturated heterocycles. The summed E-state index contributed by atoms with van der Waals surface area (Å²) in [6.07, 6.45) is 6.16. The van der Waals surface area contributed by atoms with Crippen molar-refractivity contribution < 1.29 is 13.9 Å². The molecule has 1 aromatic carbocycles. The predicted octanol–water partition coefficient (Wildman–Crippen LogP) is 2.77. The molecule has 122 valence electrons. The highest BCUT2D eigenvalue weighted by atomic mass is 16.5. The van der Waals surface area contributed by atoms with Crippen molar-refractivity contribution in [2.45, 2.75) is 25.3 Å². The Hall–Kier alpha value is -2.34. The number of carbonyl (C=O) groups excluding carboxylic acids is 1. The van der Waals surface area contributed by atoms with Gasteiger partial charge < -0.3 is 14.5 Å². The van der Waals surface area contributed by atoms with Crippen molar-refractivity contribution in [2.75, 3.05) is 26.0 Å². The van der Waals surface area contributed by atoms with E-state index in [-0.39, 0.29) is 11.9 Å². The second-order valence-electron chi connectivity index (χ2n) is 5.76. The van der Waals surface area contributed by atoms with Crippen LogP contribution in [-0.4, -0.2) is 42.5 Å². The number of hydrogen-bond donors (Lipinski definition) is 1. The molecule has 0 bridgehead atoms. The smallest absolute Gasteiger partial charge is 0.241 e. The summed E-state index contributed by atoms with van der Waals surface area (Å²) in [4.78, 5) is 18.5. The number of hydrogen-bond acceptors (Lipinski definition) is 5. The van der Waals surface area contributed by atoms with Crippen molar-refractivity contribution >= 4 is 11.6 Å². The van der Waals surface area contributed by atoms with Crippen molar-refractivity contribution in [3.63, 3.8) is 0 Å². The van der Waals surface area contributed by atoms with Gasteiger partial charge >= 0.3 is 0 Å². The van der Waals surface area contributed by atoms with Gasteiger partial charge in [-0.05, 0) is 38.6 Å². The van der Waals surface area contributed by atoms with Gasteiger partial charge in [-0.1, -0.05) is 6.42 Å². The Balaban J connectivity index is 1.77. The van der Waals surface area contributed by atoms with Crippen LogP contribution in [0, 0.1) is 0 Å².